The molecule has 3 aromatic carbocycles. The molecule has 0 bridgehead atoms. The van der Waals surface area contributed by atoms with E-state index in [0.717, 1.165) is 21.0 Å². The van der Waals surface area contributed by atoms with Crippen molar-refractivity contribution >= 4 is 27.3 Å². The second-order valence-electron chi connectivity index (χ2n) is 7.36. The molecule has 0 fully saturated rings. The number of carbonyl (C=O) groups is 1. The van der Waals surface area contributed by atoms with E-state index >= 15 is 0 Å². The van der Waals surface area contributed by atoms with Gasteiger partial charge in [0.25, 0.3) is 10.0 Å². The van der Waals surface area contributed by atoms with Gasteiger partial charge in [-0.2, -0.15) is 0 Å². The molecule has 3 rings (SSSR count). The first-order chi connectivity index (χ1) is 14.7. The molecule has 0 atom stereocenters. The second kappa shape index (κ2) is 9.22. The number of hydrogen-bond donors (Lipinski definition) is 1. The second-order valence-corrected chi connectivity index (χ2v) is 9.23. The number of rotatable bonds is 7. The van der Waals surface area contributed by atoms with Gasteiger partial charge in [0.15, 0.2) is 0 Å². The van der Waals surface area contributed by atoms with Crippen LogP contribution in [0.5, 0.6) is 5.75 Å². The van der Waals surface area contributed by atoms with Crippen molar-refractivity contribution in [2.45, 2.75) is 25.7 Å². The minimum absolute atomic E-state index is 0.102. The van der Waals surface area contributed by atoms with E-state index in [0.29, 0.717) is 17.1 Å². The average Bonchev–Trinajstić information content (AvgIpc) is 2.74. The normalized spacial score (nSPS) is 11.1. The molecule has 0 aromatic heterocycles. The maximum Gasteiger partial charge on any atom is 0.264 e. The van der Waals surface area contributed by atoms with Crippen molar-refractivity contribution in [3.05, 3.63) is 83.4 Å². The molecule has 0 aliphatic rings. The van der Waals surface area contributed by atoms with Gasteiger partial charge in [0.05, 0.1) is 17.7 Å². The molecule has 1 N–H and O–H groups in total. The fourth-order valence-corrected chi connectivity index (χ4v) is 4.59. The van der Waals surface area contributed by atoms with Gasteiger partial charge in [-0.05, 0) is 62.2 Å². The molecule has 6 nitrogen and oxygen atoms in total. The lowest BCUT2D eigenvalue weighted by Gasteiger charge is -2.26. The Labute approximate surface area is 183 Å². The van der Waals surface area contributed by atoms with Gasteiger partial charge in [0.1, 0.15) is 12.3 Å². The molecule has 0 aliphatic heterocycles. The van der Waals surface area contributed by atoms with E-state index < -0.39 is 22.5 Å². The predicted octanol–water partition coefficient (Wildman–Crippen LogP) is 4.45. The average molecular weight is 439 g/mol. The number of para-hydroxylation sites is 1. The van der Waals surface area contributed by atoms with Crippen molar-refractivity contribution < 1.29 is 17.9 Å². The number of amides is 1. The Morgan fingerprint density at radius 1 is 0.935 bits per heavy atom. The minimum Gasteiger partial charge on any atom is -0.495 e. The smallest absolute Gasteiger partial charge is 0.264 e. The lowest BCUT2D eigenvalue weighted by Crippen LogP contribution is -2.38. The number of nitrogens with zero attached hydrogens (tertiary/aromatic N) is 1. The van der Waals surface area contributed by atoms with Crippen molar-refractivity contribution in [1.29, 1.82) is 0 Å². The Morgan fingerprint density at radius 3 is 2.23 bits per heavy atom. The quantitative estimate of drug-likeness (QED) is 0.591. The van der Waals surface area contributed by atoms with Crippen LogP contribution in [0.1, 0.15) is 16.7 Å². The highest BCUT2D eigenvalue weighted by molar-refractivity contribution is 7.92. The van der Waals surface area contributed by atoms with Crippen LogP contribution in [0.2, 0.25) is 0 Å². The Morgan fingerprint density at radius 2 is 1.58 bits per heavy atom. The van der Waals surface area contributed by atoms with Crippen LogP contribution in [-0.2, 0) is 14.8 Å². The van der Waals surface area contributed by atoms with Crippen molar-refractivity contribution in [3.8, 4) is 5.75 Å². The summed E-state index contributed by atoms with van der Waals surface area (Å²) in [7, 11) is -2.55. The Balaban J connectivity index is 2.04. The van der Waals surface area contributed by atoms with Gasteiger partial charge >= 0.3 is 0 Å². The summed E-state index contributed by atoms with van der Waals surface area (Å²) in [5.74, 6) is -0.0847. The van der Waals surface area contributed by atoms with Crippen LogP contribution in [0.25, 0.3) is 0 Å². The van der Waals surface area contributed by atoms with E-state index in [1.54, 1.807) is 42.5 Å². The standard InChI is InChI=1S/C24H26N2O4S/c1-17-9-12-20(13-10-17)31(28,29)26(22-15-18(2)11-14-23(22)30-4)16-24(27)25-21-8-6-5-7-19(21)3/h5-15H,16H2,1-4H3,(H,25,27). The molecule has 0 aliphatic carbocycles. The summed E-state index contributed by atoms with van der Waals surface area (Å²) in [4.78, 5) is 13.0. The molecular formula is C24H26N2O4S. The highest BCUT2D eigenvalue weighted by atomic mass is 32.2. The third-order valence-electron chi connectivity index (χ3n) is 4.92. The monoisotopic (exact) mass is 438 g/mol. The maximum absolute atomic E-state index is 13.6. The van der Waals surface area contributed by atoms with Crippen molar-refractivity contribution in [2.75, 3.05) is 23.3 Å². The van der Waals surface area contributed by atoms with Crippen molar-refractivity contribution in [3.63, 3.8) is 0 Å². The summed E-state index contributed by atoms with van der Waals surface area (Å²) in [5, 5.41) is 2.81. The number of ether oxygens (including phenoxy) is 1. The van der Waals surface area contributed by atoms with Crippen LogP contribution in [0.15, 0.2) is 71.6 Å². The third kappa shape index (κ3) is 5.06. The fraction of sp³-hybridized carbons (Fsp3) is 0.208. The SMILES string of the molecule is COc1ccc(C)cc1N(CC(=O)Nc1ccccc1C)S(=O)(=O)c1ccc(C)cc1. The zero-order valence-corrected chi connectivity index (χ0v) is 18.9. The topological polar surface area (TPSA) is 75.7 Å². The molecule has 3 aromatic rings. The fourth-order valence-electron chi connectivity index (χ4n) is 3.17. The number of sulfonamides is 1. The molecule has 162 valence electrons. The van der Waals surface area contributed by atoms with E-state index in [1.807, 2.05) is 45.0 Å². The predicted molar refractivity (Wildman–Crippen MR) is 123 cm³/mol. The van der Waals surface area contributed by atoms with Gasteiger partial charge < -0.3 is 10.1 Å². The van der Waals surface area contributed by atoms with E-state index in [1.165, 1.54) is 7.11 Å². The number of hydrogen-bond acceptors (Lipinski definition) is 4. The summed E-state index contributed by atoms with van der Waals surface area (Å²) >= 11 is 0. The molecule has 0 radical (unpaired) electrons. The lowest BCUT2D eigenvalue weighted by atomic mass is 10.2. The Hall–Kier alpha value is -3.32. The van der Waals surface area contributed by atoms with E-state index in [9.17, 15) is 13.2 Å². The van der Waals surface area contributed by atoms with E-state index in [-0.39, 0.29) is 4.90 Å². The summed E-state index contributed by atoms with van der Waals surface area (Å²) in [5.41, 5.74) is 3.62. The zero-order chi connectivity index (χ0) is 22.6. The first-order valence-corrected chi connectivity index (χ1v) is 11.3. The van der Waals surface area contributed by atoms with Gasteiger partial charge in [-0.25, -0.2) is 8.42 Å². The number of methoxy groups -OCH3 is 1. The molecule has 0 saturated heterocycles. The van der Waals surface area contributed by atoms with Gasteiger partial charge in [-0.1, -0.05) is 42.0 Å². The highest BCUT2D eigenvalue weighted by Gasteiger charge is 2.29. The van der Waals surface area contributed by atoms with Crippen LogP contribution >= 0.6 is 0 Å². The Kier molecular flexibility index (Phi) is 6.65. The summed E-state index contributed by atoms with van der Waals surface area (Å²) < 4.78 is 33.6. The number of anilines is 2. The molecule has 0 saturated carbocycles. The van der Waals surface area contributed by atoms with Crippen molar-refractivity contribution in [2.24, 2.45) is 0 Å². The van der Waals surface area contributed by atoms with Gasteiger partial charge in [-0.15, -0.1) is 0 Å². The Bertz CT molecular complexity index is 1190. The van der Waals surface area contributed by atoms with Gasteiger partial charge in [0.2, 0.25) is 5.91 Å². The largest absolute Gasteiger partial charge is 0.495 e. The first-order valence-electron chi connectivity index (χ1n) is 9.82. The first kappa shape index (κ1) is 22.4. The van der Waals surface area contributed by atoms with Gasteiger partial charge in [-0.3, -0.25) is 9.10 Å². The van der Waals surface area contributed by atoms with Crippen LogP contribution in [0.3, 0.4) is 0 Å². The van der Waals surface area contributed by atoms with Gasteiger partial charge in [0, 0.05) is 5.69 Å². The molecule has 7 heteroatoms. The maximum atomic E-state index is 13.6. The molecular weight excluding hydrogens is 412 g/mol. The van der Waals surface area contributed by atoms with Crippen LogP contribution in [0, 0.1) is 20.8 Å². The zero-order valence-electron chi connectivity index (χ0n) is 18.0. The number of carbonyl (C=O) groups excluding carboxylic acids is 1. The molecule has 0 heterocycles. The summed E-state index contributed by atoms with van der Waals surface area (Å²) in [6.07, 6.45) is 0. The molecule has 31 heavy (non-hydrogen) atoms. The summed E-state index contributed by atoms with van der Waals surface area (Å²) in [6, 6.07) is 19.1. The molecule has 0 unspecified atom stereocenters. The van der Waals surface area contributed by atoms with Crippen LogP contribution in [0.4, 0.5) is 11.4 Å². The molecule has 1 amide bonds. The summed E-state index contributed by atoms with van der Waals surface area (Å²) in [6.45, 7) is 5.21. The number of benzene rings is 3. The van der Waals surface area contributed by atoms with E-state index in [4.69, 9.17) is 4.74 Å². The number of aryl methyl sites for hydroxylation is 3. The van der Waals surface area contributed by atoms with E-state index in [2.05, 4.69) is 5.32 Å². The lowest BCUT2D eigenvalue weighted by molar-refractivity contribution is -0.114. The minimum atomic E-state index is -4.03. The molecule has 0 spiro atoms. The third-order valence-corrected chi connectivity index (χ3v) is 6.69. The number of nitrogens with one attached hydrogen (secondary N) is 1. The van der Waals surface area contributed by atoms with Crippen LogP contribution in [-0.4, -0.2) is 28.0 Å². The van der Waals surface area contributed by atoms with Crippen LogP contribution < -0.4 is 14.4 Å². The highest BCUT2D eigenvalue weighted by Crippen LogP contribution is 2.33. The van der Waals surface area contributed by atoms with Crippen molar-refractivity contribution in [1.82, 2.24) is 0 Å².